The Balaban J connectivity index is 1.84. The van der Waals surface area contributed by atoms with Gasteiger partial charge in [0.05, 0.1) is 5.54 Å². The summed E-state index contributed by atoms with van der Waals surface area (Å²) in [5.74, 6) is 0. The molecule has 0 unspecified atom stereocenters. The second kappa shape index (κ2) is 5.43. The van der Waals surface area contributed by atoms with Crippen LogP contribution in [0.3, 0.4) is 0 Å². The van der Waals surface area contributed by atoms with E-state index < -0.39 is 0 Å². The van der Waals surface area contributed by atoms with Crippen LogP contribution in [0.5, 0.6) is 0 Å². The van der Waals surface area contributed by atoms with Crippen LogP contribution >= 0.6 is 22.6 Å². The number of rotatable bonds is 2. The van der Waals surface area contributed by atoms with Crippen LogP contribution in [0, 0.1) is 3.57 Å². The summed E-state index contributed by atoms with van der Waals surface area (Å²) in [7, 11) is 4.34. The van der Waals surface area contributed by atoms with Gasteiger partial charge < -0.3 is 10.6 Å². The lowest BCUT2D eigenvalue weighted by molar-refractivity contribution is 0.0652. The number of hydrogen-bond donors (Lipinski definition) is 2. The van der Waals surface area contributed by atoms with Gasteiger partial charge in [0.1, 0.15) is 0 Å². The van der Waals surface area contributed by atoms with Crippen LogP contribution in [-0.4, -0.2) is 37.1 Å². The van der Waals surface area contributed by atoms with E-state index in [1.54, 1.807) is 0 Å². The fourth-order valence-electron chi connectivity index (χ4n) is 3.78. The fourth-order valence-corrected chi connectivity index (χ4v) is 4.14. The number of nitrogens with one attached hydrogen (secondary N) is 2. The van der Waals surface area contributed by atoms with Crippen molar-refractivity contribution in [2.75, 3.05) is 20.6 Å². The average Bonchev–Trinajstić information content (AvgIpc) is 2.82. The molecule has 2 N–H and O–H groups in total. The lowest BCUT2D eigenvalue weighted by Gasteiger charge is -2.48. The molecule has 114 valence electrons. The number of hydrogen-bond acceptors (Lipinski definition) is 2. The Labute approximate surface area is 139 Å². The summed E-state index contributed by atoms with van der Waals surface area (Å²) in [6.07, 6.45) is 4.19. The number of benzene rings is 1. The minimum atomic E-state index is -0.0280. The van der Waals surface area contributed by atoms with Crippen molar-refractivity contribution in [1.82, 2.24) is 15.5 Å². The molecule has 3 rings (SSSR count). The fraction of sp³-hybridized carbons (Fsp3) is 0.562. The summed E-state index contributed by atoms with van der Waals surface area (Å²) in [5.41, 5.74) is 1.45. The normalized spacial score (nSPS) is 32.3. The minimum Gasteiger partial charge on any atom is -0.336 e. The first-order chi connectivity index (χ1) is 9.96. The van der Waals surface area contributed by atoms with E-state index in [1.807, 2.05) is 0 Å². The van der Waals surface area contributed by atoms with Gasteiger partial charge in [-0.1, -0.05) is 12.1 Å². The molecule has 1 spiro atoms. The summed E-state index contributed by atoms with van der Waals surface area (Å²) in [5, 5.41) is 6.06. The van der Waals surface area contributed by atoms with E-state index in [1.165, 1.54) is 9.13 Å². The molecule has 0 atom stereocenters. The number of amides is 2. The number of carbonyl (C=O) groups is 1. The van der Waals surface area contributed by atoms with Crippen LogP contribution in [0.2, 0.25) is 0 Å². The Morgan fingerprint density at radius 1 is 1.10 bits per heavy atom. The lowest BCUT2D eigenvalue weighted by Crippen LogP contribution is -2.53. The predicted molar refractivity (Wildman–Crippen MR) is 92.3 cm³/mol. The van der Waals surface area contributed by atoms with Crippen LogP contribution in [0.15, 0.2) is 24.3 Å². The maximum absolute atomic E-state index is 11.5. The van der Waals surface area contributed by atoms with Crippen LogP contribution < -0.4 is 10.6 Å². The third kappa shape index (κ3) is 2.65. The molecule has 2 fully saturated rings. The topological polar surface area (TPSA) is 44.4 Å². The van der Waals surface area contributed by atoms with Gasteiger partial charge in [-0.05, 0) is 80.1 Å². The first-order valence-electron chi connectivity index (χ1n) is 7.45. The third-order valence-electron chi connectivity index (χ3n) is 5.24. The molecule has 0 bridgehead atoms. The summed E-state index contributed by atoms with van der Waals surface area (Å²) in [6, 6.07) is 8.87. The predicted octanol–water partition coefficient (Wildman–Crippen LogP) is 2.67. The van der Waals surface area contributed by atoms with E-state index in [0.29, 0.717) is 0 Å². The van der Waals surface area contributed by atoms with Crippen LogP contribution in [0.4, 0.5) is 4.79 Å². The molecule has 1 aliphatic carbocycles. The molecule has 1 saturated carbocycles. The van der Waals surface area contributed by atoms with Crippen molar-refractivity contribution in [1.29, 1.82) is 0 Å². The van der Waals surface area contributed by atoms with Gasteiger partial charge in [0.2, 0.25) is 0 Å². The van der Waals surface area contributed by atoms with E-state index in [-0.39, 0.29) is 17.1 Å². The molecule has 1 heterocycles. The molecule has 4 nitrogen and oxygen atoms in total. The van der Waals surface area contributed by atoms with Crippen LogP contribution in [0.1, 0.15) is 31.2 Å². The van der Waals surface area contributed by atoms with Crippen molar-refractivity contribution in [2.24, 2.45) is 0 Å². The molecule has 0 radical (unpaired) electrons. The quantitative estimate of drug-likeness (QED) is 0.752. The Morgan fingerprint density at radius 3 is 2.19 bits per heavy atom. The summed E-state index contributed by atoms with van der Waals surface area (Å²) in [6.45, 7) is 0.766. The first kappa shape index (κ1) is 15.1. The van der Waals surface area contributed by atoms with Crippen molar-refractivity contribution >= 4 is 28.6 Å². The summed E-state index contributed by atoms with van der Waals surface area (Å²) >= 11 is 2.35. The molecule has 0 aromatic heterocycles. The van der Waals surface area contributed by atoms with Gasteiger partial charge in [-0.25, -0.2) is 4.79 Å². The monoisotopic (exact) mass is 399 g/mol. The Morgan fingerprint density at radius 2 is 1.71 bits per heavy atom. The zero-order valence-corrected chi connectivity index (χ0v) is 14.7. The molecule has 21 heavy (non-hydrogen) atoms. The number of halogens is 1. The van der Waals surface area contributed by atoms with Crippen molar-refractivity contribution < 1.29 is 4.79 Å². The van der Waals surface area contributed by atoms with Crippen LogP contribution in [-0.2, 0) is 5.54 Å². The van der Waals surface area contributed by atoms with E-state index in [2.05, 4.69) is 76.5 Å². The van der Waals surface area contributed by atoms with Gasteiger partial charge in [-0.15, -0.1) is 0 Å². The molecule has 2 amide bonds. The van der Waals surface area contributed by atoms with E-state index in [9.17, 15) is 4.79 Å². The molecule has 1 aliphatic heterocycles. The lowest BCUT2D eigenvalue weighted by atomic mass is 9.69. The van der Waals surface area contributed by atoms with Gasteiger partial charge in [-0.2, -0.15) is 0 Å². The third-order valence-corrected chi connectivity index (χ3v) is 5.96. The van der Waals surface area contributed by atoms with Gasteiger partial charge in [-0.3, -0.25) is 4.90 Å². The molecule has 5 heteroatoms. The summed E-state index contributed by atoms with van der Waals surface area (Å²) < 4.78 is 1.27. The molecule has 2 aliphatic rings. The van der Waals surface area contributed by atoms with E-state index >= 15 is 0 Å². The zero-order valence-electron chi connectivity index (χ0n) is 12.6. The Bertz CT molecular complexity index is 533. The Kier molecular flexibility index (Phi) is 3.90. The Hall–Kier alpha value is -0.820. The standard InChI is InChI=1S/C16H22IN3O/c1-20(2)16(12-3-5-13(17)6-4-12)9-7-15(8-10-16)11-18-14(21)19-15/h3-6H,7-11H2,1-2H3,(H2,18,19,21). The first-order valence-corrected chi connectivity index (χ1v) is 8.53. The molecular formula is C16H22IN3O. The SMILES string of the molecule is CN(C)C1(c2ccc(I)cc2)CCC2(CC1)CNC(=O)N2. The van der Waals surface area contributed by atoms with Crippen molar-refractivity contribution in [3.63, 3.8) is 0 Å². The second-order valence-corrected chi connectivity index (χ2v) is 7.77. The molecule has 1 aromatic rings. The average molecular weight is 399 g/mol. The number of urea groups is 1. The molecular weight excluding hydrogens is 377 g/mol. The van der Waals surface area contributed by atoms with Gasteiger partial charge in [0, 0.05) is 15.7 Å². The molecule has 1 saturated heterocycles. The van der Waals surface area contributed by atoms with Crippen LogP contribution in [0.25, 0.3) is 0 Å². The van der Waals surface area contributed by atoms with Crippen molar-refractivity contribution in [3.05, 3.63) is 33.4 Å². The minimum absolute atomic E-state index is 0.0124. The number of nitrogens with zero attached hydrogens (tertiary/aromatic N) is 1. The van der Waals surface area contributed by atoms with E-state index in [0.717, 1.165) is 32.2 Å². The van der Waals surface area contributed by atoms with E-state index in [4.69, 9.17) is 0 Å². The maximum Gasteiger partial charge on any atom is 0.315 e. The highest BCUT2D eigenvalue weighted by Gasteiger charge is 2.47. The van der Waals surface area contributed by atoms with Gasteiger partial charge in [0.15, 0.2) is 0 Å². The molecule has 1 aromatic carbocycles. The van der Waals surface area contributed by atoms with Crippen molar-refractivity contribution in [3.8, 4) is 0 Å². The van der Waals surface area contributed by atoms with Gasteiger partial charge >= 0.3 is 6.03 Å². The maximum atomic E-state index is 11.5. The van der Waals surface area contributed by atoms with Gasteiger partial charge in [0.25, 0.3) is 0 Å². The van der Waals surface area contributed by atoms with Crippen molar-refractivity contribution in [2.45, 2.75) is 36.8 Å². The number of carbonyl (C=O) groups excluding carboxylic acids is 1. The smallest absolute Gasteiger partial charge is 0.315 e. The highest BCUT2D eigenvalue weighted by Crippen LogP contribution is 2.45. The second-order valence-electron chi connectivity index (χ2n) is 6.52. The largest absolute Gasteiger partial charge is 0.336 e. The highest BCUT2D eigenvalue weighted by molar-refractivity contribution is 14.1. The summed E-state index contributed by atoms with van der Waals surface area (Å²) in [4.78, 5) is 13.8. The zero-order chi connectivity index (χ0) is 15.1. The highest BCUT2D eigenvalue weighted by atomic mass is 127.